The number of benzene rings is 1. The number of aromatic nitrogens is 1. The Labute approximate surface area is 131 Å². The van der Waals surface area contributed by atoms with Crippen molar-refractivity contribution in [3.63, 3.8) is 0 Å². The van der Waals surface area contributed by atoms with E-state index in [-0.39, 0.29) is 5.41 Å². The molecule has 2 rings (SSSR count). The zero-order valence-corrected chi connectivity index (χ0v) is 14.1. The van der Waals surface area contributed by atoms with Crippen molar-refractivity contribution in [2.45, 2.75) is 46.1 Å². The number of nitrogens with two attached hydrogens (primary N) is 1. The molecule has 0 spiro atoms. The first-order valence-electron chi connectivity index (χ1n) is 7.28. The van der Waals surface area contributed by atoms with Gasteiger partial charge < -0.3 is 10.5 Å². The molecule has 0 amide bonds. The van der Waals surface area contributed by atoms with Crippen LogP contribution in [0.5, 0.6) is 5.75 Å². The normalized spacial score (nSPS) is 11.7. The molecule has 21 heavy (non-hydrogen) atoms. The van der Waals surface area contributed by atoms with E-state index in [1.807, 2.05) is 19.1 Å². The third-order valence-electron chi connectivity index (χ3n) is 3.43. The summed E-state index contributed by atoms with van der Waals surface area (Å²) in [6.07, 6.45) is 0.826. The van der Waals surface area contributed by atoms with Crippen LogP contribution in [0.4, 0.5) is 0 Å². The highest BCUT2D eigenvalue weighted by Crippen LogP contribution is 2.24. The maximum atomic E-state index is 5.80. The predicted molar refractivity (Wildman–Crippen MR) is 89.1 cm³/mol. The molecule has 0 bridgehead atoms. The van der Waals surface area contributed by atoms with Crippen molar-refractivity contribution >= 4 is 11.3 Å². The van der Waals surface area contributed by atoms with Gasteiger partial charge >= 0.3 is 0 Å². The minimum absolute atomic E-state index is 0.176. The summed E-state index contributed by atoms with van der Waals surface area (Å²) in [5.41, 5.74) is 8.21. The van der Waals surface area contributed by atoms with Crippen molar-refractivity contribution in [2.75, 3.05) is 6.61 Å². The molecule has 4 heteroatoms. The van der Waals surface area contributed by atoms with Gasteiger partial charge in [-0.3, -0.25) is 0 Å². The van der Waals surface area contributed by atoms with E-state index < -0.39 is 0 Å². The molecule has 1 aromatic carbocycles. The lowest BCUT2D eigenvalue weighted by Crippen LogP contribution is -2.10. The quantitative estimate of drug-likeness (QED) is 0.913. The molecule has 0 fully saturated rings. The van der Waals surface area contributed by atoms with Crippen LogP contribution in [-0.2, 0) is 18.4 Å². The highest BCUT2D eigenvalue weighted by Gasteiger charge is 2.13. The van der Waals surface area contributed by atoms with Crippen molar-refractivity contribution in [3.05, 3.63) is 45.4 Å². The van der Waals surface area contributed by atoms with Crippen molar-refractivity contribution in [3.8, 4) is 5.75 Å². The van der Waals surface area contributed by atoms with E-state index in [1.54, 1.807) is 11.3 Å². The maximum Gasteiger partial charge on any atom is 0.119 e. The summed E-state index contributed by atoms with van der Waals surface area (Å²) in [5, 5.41) is 1.10. The highest BCUT2D eigenvalue weighted by atomic mass is 32.1. The molecule has 2 aromatic rings. The molecule has 0 radical (unpaired) electrons. The molecule has 0 saturated carbocycles. The van der Waals surface area contributed by atoms with Crippen LogP contribution in [0.15, 0.2) is 24.3 Å². The van der Waals surface area contributed by atoms with Gasteiger partial charge in [-0.05, 0) is 30.0 Å². The Morgan fingerprint density at radius 2 is 1.86 bits per heavy atom. The lowest BCUT2D eigenvalue weighted by molar-refractivity contribution is 0.321. The largest absolute Gasteiger partial charge is 0.493 e. The Hall–Kier alpha value is -1.39. The molecule has 0 saturated heterocycles. The molecule has 0 aliphatic rings. The molecule has 0 aliphatic heterocycles. The fraction of sp³-hybridized carbons (Fsp3) is 0.471. The SMILES string of the molecule is Cc1nc(CCOc2ccc(C(C)(C)C)cc2)sc1CN. The lowest BCUT2D eigenvalue weighted by atomic mass is 9.87. The van der Waals surface area contributed by atoms with Crippen molar-refractivity contribution in [2.24, 2.45) is 5.73 Å². The lowest BCUT2D eigenvalue weighted by Gasteiger charge is -2.19. The number of hydrogen-bond donors (Lipinski definition) is 1. The number of hydrogen-bond acceptors (Lipinski definition) is 4. The van der Waals surface area contributed by atoms with Crippen LogP contribution in [0.3, 0.4) is 0 Å². The van der Waals surface area contributed by atoms with E-state index in [2.05, 4.69) is 37.9 Å². The summed E-state index contributed by atoms with van der Waals surface area (Å²) in [4.78, 5) is 5.68. The standard InChI is InChI=1S/C17H24N2OS/c1-12-15(11-18)21-16(19-12)9-10-20-14-7-5-13(6-8-14)17(2,3)4/h5-8H,9-11,18H2,1-4H3. The number of thiazole rings is 1. The molecule has 1 heterocycles. The van der Waals surface area contributed by atoms with E-state index in [4.69, 9.17) is 10.5 Å². The Morgan fingerprint density at radius 1 is 1.19 bits per heavy atom. The Balaban J connectivity index is 1.88. The second-order valence-corrected chi connectivity index (χ2v) is 7.36. The number of ether oxygens (including phenoxy) is 1. The Morgan fingerprint density at radius 3 is 2.38 bits per heavy atom. The molecule has 0 aliphatic carbocycles. The van der Waals surface area contributed by atoms with E-state index in [0.29, 0.717) is 13.2 Å². The van der Waals surface area contributed by atoms with Crippen LogP contribution in [0.25, 0.3) is 0 Å². The van der Waals surface area contributed by atoms with Crippen molar-refractivity contribution < 1.29 is 4.74 Å². The van der Waals surface area contributed by atoms with Gasteiger partial charge in [0.1, 0.15) is 5.75 Å². The molecule has 1 aromatic heterocycles. The molecule has 114 valence electrons. The third kappa shape index (κ3) is 4.29. The summed E-state index contributed by atoms with van der Waals surface area (Å²) in [6, 6.07) is 8.35. The molecular formula is C17H24N2OS. The summed E-state index contributed by atoms with van der Waals surface area (Å²) in [5.74, 6) is 0.912. The van der Waals surface area contributed by atoms with E-state index in [0.717, 1.165) is 22.9 Å². The third-order valence-corrected chi connectivity index (χ3v) is 4.67. The summed E-state index contributed by atoms with van der Waals surface area (Å²) in [7, 11) is 0. The van der Waals surface area contributed by atoms with Crippen LogP contribution < -0.4 is 10.5 Å². The number of aryl methyl sites for hydroxylation is 1. The van der Waals surface area contributed by atoms with Crippen molar-refractivity contribution in [1.82, 2.24) is 4.98 Å². The molecule has 0 atom stereocenters. The van der Waals surface area contributed by atoms with Gasteiger partial charge in [0, 0.05) is 17.8 Å². The predicted octanol–water partition coefficient (Wildman–Crippen LogP) is 3.83. The minimum Gasteiger partial charge on any atom is -0.493 e. The molecule has 0 unspecified atom stereocenters. The number of rotatable bonds is 5. The average molecular weight is 304 g/mol. The van der Waals surface area contributed by atoms with E-state index in [9.17, 15) is 0 Å². The topological polar surface area (TPSA) is 48.1 Å². The fourth-order valence-corrected chi connectivity index (χ4v) is 3.02. The first-order chi connectivity index (χ1) is 9.90. The van der Waals surface area contributed by atoms with Gasteiger partial charge in [-0.1, -0.05) is 32.9 Å². The van der Waals surface area contributed by atoms with Crippen molar-refractivity contribution in [1.29, 1.82) is 0 Å². The second-order valence-electron chi connectivity index (χ2n) is 6.19. The van der Waals surface area contributed by atoms with Gasteiger partial charge in [0.05, 0.1) is 17.3 Å². The smallest absolute Gasteiger partial charge is 0.119 e. The zero-order valence-electron chi connectivity index (χ0n) is 13.3. The maximum absolute atomic E-state index is 5.80. The van der Waals surface area contributed by atoms with Gasteiger partial charge in [0.2, 0.25) is 0 Å². The van der Waals surface area contributed by atoms with Crippen LogP contribution >= 0.6 is 11.3 Å². The average Bonchev–Trinajstić information content (AvgIpc) is 2.79. The first kappa shape index (κ1) is 16.0. The monoisotopic (exact) mass is 304 g/mol. The minimum atomic E-state index is 0.176. The summed E-state index contributed by atoms with van der Waals surface area (Å²) >= 11 is 1.68. The van der Waals surface area contributed by atoms with Gasteiger partial charge in [-0.25, -0.2) is 4.98 Å². The molecule has 3 nitrogen and oxygen atoms in total. The molecule has 2 N–H and O–H groups in total. The van der Waals surface area contributed by atoms with Crippen LogP contribution in [0.2, 0.25) is 0 Å². The first-order valence-corrected chi connectivity index (χ1v) is 8.10. The second kappa shape index (κ2) is 6.58. The van der Waals surface area contributed by atoms with Crippen LogP contribution in [-0.4, -0.2) is 11.6 Å². The highest BCUT2D eigenvalue weighted by molar-refractivity contribution is 7.11. The van der Waals surface area contributed by atoms with Gasteiger partial charge in [-0.2, -0.15) is 0 Å². The van der Waals surface area contributed by atoms with Gasteiger partial charge in [0.25, 0.3) is 0 Å². The zero-order chi connectivity index (χ0) is 15.5. The Bertz CT molecular complexity index is 582. The molecular weight excluding hydrogens is 280 g/mol. The van der Waals surface area contributed by atoms with Gasteiger partial charge in [0.15, 0.2) is 0 Å². The Kier molecular flexibility index (Phi) is 5.01. The van der Waals surface area contributed by atoms with E-state index in [1.165, 1.54) is 10.4 Å². The van der Waals surface area contributed by atoms with Gasteiger partial charge in [-0.15, -0.1) is 11.3 Å². The van der Waals surface area contributed by atoms with Crippen LogP contribution in [0, 0.1) is 6.92 Å². The van der Waals surface area contributed by atoms with E-state index >= 15 is 0 Å². The summed E-state index contributed by atoms with van der Waals surface area (Å²) in [6.45, 7) is 9.85. The summed E-state index contributed by atoms with van der Waals surface area (Å²) < 4.78 is 5.80. The fourth-order valence-electron chi connectivity index (χ4n) is 2.09. The number of nitrogens with zero attached hydrogens (tertiary/aromatic N) is 1. The van der Waals surface area contributed by atoms with Crippen LogP contribution in [0.1, 0.15) is 41.9 Å².